The minimum absolute atomic E-state index is 1.13. The molecule has 3 heterocycles. The number of aryl methyl sites for hydroxylation is 1. The minimum atomic E-state index is 1.13. The van der Waals surface area contributed by atoms with Crippen molar-refractivity contribution in [2.45, 2.75) is 6.92 Å². The molecule has 14 rings (SSSR count). The van der Waals surface area contributed by atoms with Crippen molar-refractivity contribution in [1.82, 2.24) is 13.7 Å². The molecule has 0 unspecified atom stereocenters. The van der Waals surface area contributed by atoms with Crippen LogP contribution in [-0.4, -0.2) is 13.7 Å². The Morgan fingerprint density at radius 1 is 0.288 bits per heavy atom. The van der Waals surface area contributed by atoms with Gasteiger partial charge in [0.2, 0.25) is 0 Å². The Balaban J connectivity index is 0.908. The van der Waals surface area contributed by atoms with E-state index in [2.05, 4.69) is 251 Å². The van der Waals surface area contributed by atoms with Gasteiger partial charge in [-0.05, 0) is 110 Å². The normalized spacial score (nSPS) is 12.0. The maximum Gasteiger partial charge on any atom is 0.0641 e. The minimum Gasteiger partial charge on any atom is -0.316 e. The average Bonchev–Trinajstić information content (AvgIpc) is 4.12. The van der Waals surface area contributed by atoms with E-state index in [-0.39, 0.29) is 0 Å². The summed E-state index contributed by atoms with van der Waals surface area (Å²) in [4.78, 5) is 0. The van der Waals surface area contributed by atoms with Crippen molar-refractivity contribution in [1.29, 1.82) is 0 Å². The van der Waals surface area contributed by atoms with E-state index in [1.807, 2.05) is 0 Å². The third kappa shape index (κ3) is 5.26. The van der Waals surface area contributed by atoms with Crippen molar-refractivity contribution in [2.75, 3.05) is 0 Å². The molecule has 0 atom stereocenters. The molecule has 0 aliphatic rings. The lowest BCUT2D eigenvalue weighted by molar-refractivity contribution is 1.13. The van der Waals surface area contributed by atoms with Crippen LogP contribution in [0.15, 0.2) is 231 Å². The molecule has 0 aliphatic carbocycles. The van der Waals surface area contributed by atoms with Gasteiger partial charge in [-0.15, -0.1) is 0 Å². The topological polar surface area (TPSA) is 14.8 Å². The van der Waals surface area contributed by atoms with Crippen LogP contribution in [-0.2, 0) is 0 Å². The van der Waals surface area contributed by atoms with Gasteiger partial charge < -0.3 is 13.7 Å². The van der Waals surface area contributed by atoms with Crippen LogP contribution >= 0.6 is 0 Å². The highest BCUT2D eigenvalue weighted by Gasteiger charge is 2.23. The smallest absolute Gasteiger partial charge is 0.0641 e. The average molecular weight is 840 g/mol. The zero-order valence-electron chi connectivity index (χ0n) is 36.3. The highest BCUT2D eigenvalue weighted by Crippen LogP contribution is 2.46. The summed E-state index contributed by atoms with van der Waals surface area (Å²) in [6, 6.07) is 80.2. The predicted molar refractivity (Wildman–Crippen MR) is 280 cm³/mol. The lowest BCUT2D eigenvalue weighted by Gasteiger charge is -2.18. The molecule has 0 radical (unpaired) electrons. The van der Waals surface area contributed by atoms with Crippen molar-refractivity contribution in [3.05, 3.63) is 236 Å². The standard InChI is InChI=1S/C63H41N3/c1-40-48-19-9-10-22-51(48)55-36-38-64(61(55)58(40)53-25-13-16-43-14-5-7-20-49(43)53)45-31-26-41(27-32-45)42-28-33-46(34-29-42)65-39-37-56-52-23-11-12-24-54(52)63-59(62(56)65)57-35-30-44-15-6-8-21-50(44)60(57)66(63)47-17-3-2-4-18-47/h2-39H,1H3. The molecule has 0 bridgehead atoms. The van der Waals surface area contributed by atoms with Crippen LogP contribution in [0, 0.1) is 6.92 Å². The Kier molecular flexibility index (Phi) is 7.90. The lowest BCUT2D eigenvalue weighted by atomic mass is 9.89. The van der Waals surface area contributed by atoms with Gasteiger partial charge in [-0.2, -0.15) is 0 Å². The maximum atomic E-state index is 2.50. The Bertz CT molecular complexity index is 4250. The summed E-state index contributed by atoms with van der Waals surface area (Å²) < 4.78 is 7.29. The summed E-state index contributed by atoms with van der Waals surface area (Å²) in [5.41, 5.74) is 14.6. The van der Waals surface area contributed by atoms with Gasteiger partial charge in [0.25, 0.3) is 0 Å². The SMILES string of the molecule is Cc1c(-c2cccc3ccccc23)c2c(ccn2-c2ccc(-c3ccc(-n4ccc5c6ccccc6c6c(c7ccc8ccccc8c7n6-c6ccccc6)c54)cc3)cc2)c2ccccc12. The summed E-state index contributed by atoms with van der Waals surface area (Å²) >= 11 is 0. The molecule has 0 amide bonds. The van der Waals surface area contributed by atoms with Gasteiger partial charge in [0, 0.05) is 67.3 Å². The van der Waals surface area contributed by atoms with Crippen molar-refractivity contribution in [3.8, 4) is 39.3 Å². The number of hydrogen-bond acceptors (Lipinski definition) is 0. The fourth-order valence-electron chi connectivity index (χ4n) is 11.3. The highest BCUT2D eigenvalue weighted by molar-refractivity contribution is 6.34. The van der Waals surface area contributed by atoms with E-state index in [0.717, 1.165) is 17.1 Å². The highest BCUT2D eigenvalue weighted by atomic mass is 15.0. The van der Waals surface area contributed by atoms with Crippen LogP contribution in [0.4, 0.5) is 0 Å². The number of hydrogen-bond donors (Lipinski definition) is 0. The number of nitrogens with zero attached hydrogens (tertiary/aromatic N) is 3. The fraction of sp³-hybridized carbons (Fsp3) is 0.0159. The quantitative estimate of drug-likeness (QED) is 0.164. The van der Waals surface area contributed by atoms with Crippen molar-refractivity contribution >= 4 is 86.7 Å². The Labute approximate surface area is 381 Å². The summed E-state index contributed by atoms with van der Waals surface area (Å²) in [7, 11) is 0. The van der Waals surface area contributed by atoms with Crippen LogP contribution in [0.2, 0.25) is 0 Å². The molecule has 0 saturated carbocycles. The number of benzene rings is 11. The zero-order chi connectivity index (χ0) is 43.5. The molecule has 66 heavy (non-hydrogen) atoms. The summed E-state index contributed by atoms with van der Waals surface area (Å²) in [6.45, 7) is 2.29. The molecular weight excluding hydrogens is 799 g/mol. The van der Waals surface area contributed by atoms with Gasteiger partial charge in [0.15, 0.2) is 0 Å². The molecule has 0 fully saturated rings. The molecule has 0 N–H and O–H groups in total. The van der Waals surface area contributed by atoms with E-state index in [9.17, 15) is 0 Å². The van der Waals surface area contributed by atoms with E-state index >= 15 is 0 Å². The molecule has 3 heteroatoms. The third-order valence-electron chi connectivity index (χ3n) is 14.3. The predicted octanol–water partition coefficient (Wildman–Crippen LogP) is 16.9. The monoisotopic (exact) mass is 839 g/mol. The van der Waals surface area contributed by atoms with Crippen LogP contribution in [0.5, 0.6) is 0 Å². The largest absolute Gasteiger partial charge is 0.316 e. The number of para-hydroxylation sites is 1. The Hall–Kier alpha value is -8.66. The summed E-state index contributed by atoms with van der Waals surface area (Å²) in [5, 5.41) is 15.1. The Morgan fingerprint density at radius 2 is 0.788 bits per heavy atom. The first-order valence-electron chi connectivity index (χ1n) is 22.8. The molecule has 11 aromatic carbocycles. The van der Waals surface area contributed by atoms with E-state index in [4.69, 9.17) is 0 Å². The van der Waals surface area contributed by atoms with Crippen LogP contribution in [0.25, 0.3) is 126 Å². The zero-order valence-corrected chi connectivity index (χ0v) is 36.3. The van der Waals surface area contributed by atoms with Crippen LogP contribution in [0.1, 0.15) is 5.56 Å². The van der Waals surface area contributed by atoms with Crippen LogP contribution in [0.3, 0.4) is 0 Å². The van der Waals surface area contributed by atoms with Gasteiger partial charge >= 0.3 is 0 Å². The third-order valence-corrected chi connectivity index (χ3v) is 14.3. The molecule has 0 spiro atoms. The van der Waals surface area contributed by atoms with E-state index < -0.39 is 0 Å². The number of fused-ring (bicyclic) bond motifs is 14. The molecule has 308 valence electrons. The first kappa shape index (κ1) is 36.8. The molecular formula is C63H41N3. The summed E-state index contributed by atoms with van der Waals surface area (Å²) in [6.07, 6.45) is 4.50. The lowest BCUT2D eigenvalue weighted by Crippen LogP contribution is -1.97. The van der Waals surface area contributed by atoms with Crippen LogP contribution < -0.4 is 0 Å². The number of aromatic nitrogens is 3. The van der Waals surface area contributed by atoms with E-state index in [1.54, 1.807) is 0 Å². The molecule has 0 saturated heterocycles. The van der Waals surface area contributed by atoms with Crippen molar-refractivity contribution in [3.63, 3.8) is 0 Å². The van der Waals surface area contributed by atoms with Gasteiger partial charge in [0.05, 0.1) is 22.1 Å². The van der Waals surface area contributed by atoms with Gasteiger partial charge in [-0.3, -0.25) is 0 Å². The molecule has 3 aromatic heterocycles. The molecule has 0 aliphatic heterocycles. The molecule has 14 aromatic rings. The first-order chi connectivity index (χ1) is 32.7. The second kappa shape index (κ2) is 14.2. The van der Waals surface area contributed by atoms with Gasteiger partial charge in [0.1, 0.15) is 0 Å². The second-order valence-corrected chi connectivity index (χ2v) is 17.7. The van der Waals surface area contributed by atoms with Gasteiger partial charge in [-0.1, -0.05) is 170 Å². The molecule has 3 nitrogen and oxygen atoms in total. The van der Waals surface area contributed by atoms with E-state index in [1.165, 1.54) is 115 Å². The fourth-order valence-corrected chi connectivity index (χ4v) is 11.3. The van der Waals surface area contributed by atoms with Gasteiger partial charge in [-0.25, -0.2) is 0 Å². The Morgan fingerprint density at radius 3 is 1.47 bits per heavy atom. The number of rotatable bonds is 5. The first-order valence-corrected chi connectivity index (χ1v) is 22.8. The van der Waals surface area contributed by atoms with E-state index in [0.29, 0.717) is 0 Å². The summed E-state index contributed by atoms with van der Waals surface area (Å²) in [5.74, 6) is 0. The second-order valence-electron chi connectivity index (χ2n) is 17.7. The van der Waals surface area contributed by atoms with Crippen molar-refractivity contribution < 1.29 is 0 Å². The van der Waals surface area contributed by atoms with Crippen molar-refractivity contribution in [2.24, 2.45) is 0 Å². The maximum absolute atomic E-state index is 2.50.